The predicted molar refractivity (Wildman–Crippen MR) is 109 cm³/mol. The van der Waals surface area contributed by atoms with Gasteiger partial charge in [0.2, 0.25) is 11.1 Å². The summed E-state index contributed by atoms with van der Waals surface area (Å²) >= 11 is 1.30. The van der Waals surface area contributed by atoms with Crippen LogP contribution in [0.15, 0.2) is 53.7 Å². The highest BCUT2D eigenvalue weighted by molar-refractivity contribution is 7.99. The average molecular weight is 398 g/mol. The van der Waals surface area contributed by atoms with Crippen LogP contribution < -0.4 is 10.1 Å². The van der Waals surface area contributed by atoms with Crippen molar-refractivity contribution in [2.24, 2.45) is 0 Å². The minimum atomic E-state index is -0.0856. The van der Waals surface area contributed by atoms with Gasteiger partial charge in [-0.05, 0) is 51.7 Å². The van der Waals surface area contributed by atoms with Crippen LogP contribution in [0, 0.1) is 0 Å². The van der Waals surface area contributed by atoms with E-state index in [4.69, 9.17) is 4.74 Å². The normalized spacial score (nSPS) is 10.9. The molecule has 0 aliphatic rings. The van der Waals surface area contributed by atoms with Gasteiger partial charge in [0, 0.05) is 6.54 Å². The molecule has 28 heavy (non-hydrogen) atoms. The second-order valence-corrected chi connectivity index (χ2v) is 7.48. The van der Waals surface area contributed by atoms with Crippen LogP contribution >= 0.6 is 11.8 Å². The van der Waals surface area contributed by atoms with Crippen molar-refractivity contribution in [3.63, 3.8) is 0 Å². The molecule has 0 fully saturated rings. The molecule has 0 aliphatic carbocycles. The van der Waals surface area contributed by atoms with E-state index in [1.165, 1.54) is 17.3 Å². The number of methoxy groups -OCH3 is 1. The number of rotatable bonds is 8. The Labute approximate surface area is 168 Å². The molecule has 0 saturated heterocycles. The van der Waals surface area contributed by atoms with Gasteiger partial charge < -0.3 is 10.1 Å². The van der Waals surface area contributed by atoms with Gasteiger partial charge in [0.1, 0.15) is 5.75 Å². The van der Waals surface area contributed by atoms with Crippen molar-refractivity contribution >= 4 is 17.7 Å². The molecule has 7 nitrogen and oxygen atoms in total. The molecule has 0 radical (unpaired) electrons. The van der Waals surface area contributed by atoms with Gasteiger partial charge in [0.25, 0.3) is 0 Å². The Morgan fingerprint density at radius 3 is 2.71 bits per heavy atom. The Kier molecular flexibility index (Phi) is 6.65. The van der Waals surface area contributed by atoms with E-state index in [0.29, 0.717) is 17.6 Å². The topological polar surface area (TPSA) is 81.9 Å². The zero-order chi connectivity index (χ0) is 19.9. The molecular weight excluding hydrogens is 374 g/mol. The van der Waals surface area contributed by atoms with Gasteiger partial charge >= 0.3 is 0 Å². The van der Waals surface area contributed by atoms with Gasteiger partial charge in [-0.1, -0.05) is 49.9 Å². The third-order valence-electron chi connectivity index (χ3n) is 4.20. The molecule has 0 spiro atoms. The maximum atomic E-state index is 12.2. The number of nitrogens with one attached hydrogen (secondary N) is 1. The summed E-state index contributed by atoms with van der Waals surface area (Å²) in [6, 6.07) is 15.7. The van der Waals surface area contributed by atoms with Crippen molar-refractivity contribution in [3.8, 4) is 11.4 Å². The third-order valence-corrected chi connectivity index (χ3v) is 5.12. The van der Waals surface area contributed by atoms with E-state index in [2.05, 4.69) is 46.8 Å². The zero-order valence-corrected chi connectivity index (χ0v) is 16.9. The number of aromatic nitrogens is 4. The van der Waals surface area contributed by atoms with Gasteiger partial charge in [0.05, 0.1) is 18.6 Å². The molecule has 146 valence electrons. The molecule has 0 saturated carbocycles. The lowest BCUT2D eigenvalue weighted by Gasteiger charge is -2.08. The molecule has 1 N–H and O–H groups in total. The Hall–Kier alpha value is -2.87. The third kappa shape index (κ3) is 5.10. The van der Waals surface area contributed by atoms with Crippen LogP contribution in [0.4, 0.5) is 0 Å². The van der Waals surface area contributed by atoms with Crippen LogP contribution in [0.2, 0.25) is 0 Å². The summed E-state index contributed by atoms with van der Waals surface area (Å²) in [6.07, 6.45) is 0. The molecule has 2 aromatic carbocycles. The molecule has 8 heteroatoms. The highest BCUT2D eigenvalue weighted by Crippen LogP contribution is 2.20. The number of benzene rings is 2. The van der Waals surface area contributed by atoms with E-state index in [9.17, 15) is 4.79 Å². The summed E-state index contributed by atoms with van der Waals surface area (Å²) in [5, 5.41) is 15.3. The van der Waals surface area contributed by atoms with Gasteiger partial charge in [0.15, 0.2) is 0 Å². The second-order valence-electron chi connectivity index (χ2n) is 6.54. The van der Waals surface area contributed by atoms with Gasteiger partial charge in [-0.15, -0.1) is 5.10 Å². The predicted octanol–water partition coefficient (Wildman–Crippen LogP) is 3.20. The Balaban J connectivity index is 1.56. The second kappa shape index (κ2) is 9.36. The molecule has 0 atom stereocenters. The van der Waals surface area contributed by atoms with Crippen molar-refractivity contribution in [2.45, 2.75) is 31.5 Å². The maximum Gasteiger partial charge on any atom is 0.230 e. The molecule has 1 amide bonds. The summed E-state index contributed by atoms with van der Waals surface area (Å²) in [7, 11) is 1.62. The van der Waals surface area contributed by atoms with Gasteiger partial charge in [-0.3, -0.25) is 4.79 Å². The quantitative estimate of drug-likeness (QED) is 0.588. The number of carbonyl (C=O) groups is 1. The Morgan fingerprint density at radius 2 is 2.00 bits per heavy atom. The zero-order valence-electron chi connectivity index (χ0n) is 16.1. The van der Waals surface area contributed by atoms with Crippen molar-refractivity contribution in [3.05, 3.63) is 59.7 Å². The van der Waals surface area contributed by atoms with Crippen LogP contribution in [0.1, 0.15) is 30.9 Å². The Bertz CT molecular complexity index is 924. The summed E-state index contributed by atoms with van der Waals surface area (Å²) in [5.74, 6) is 1.38. The first-order chi connectivity index (χ1) is 13.6. The largest absolute Gasteiger partial charge is 0.497 e. The number of nitrogens with zero attached hydrogens (tertiary/aromatic N) is 4. The molecule has 3 rings (SSSR count). The van der Waals surface area contributed by atoms with Crippen LogP contribution in [0.3, 0.4) is 0 Å². The smallest absolute Gasteiger partial charge is 0.230 e. The van der Waals surface area contributed by atoms with Crippen LogP contribution in [0.5, 0.6) is 5.75 Å². The van der Waals surface area contributed by atoms with E-state index in [1.807, 2.05) is 36.4 Å². The molecule has 0 unspecified atom stereocenters. The maximum absolute atomic E-state index is 12.2. The highest BCUT2D eigenvalue weighted by Gasteiger charge is 2.12. The lowest BCUT2D eigenvalue weighted by molar-refractivity contribution is -0.118. The Morgan fingerprint density at radius 1 is 1.21 bits per heavy atom. The number of hydrogen-bond donors (Lipinski definition) is 1. The first-order valence-corrected chi connectivity index (χ1v) is 9.96. The van der Waals surface area contributed by atoms with Crippen molar-refractivity contribution in [1.29, 1.82) is 0 Å². The molecular formula is C20H23N5O2S. The number of ether oxygens (including phenoxy) is 1. The minimum Gasteiger partial charge on any atom is -0.497 e. The number of tetrazole rings is 1. The number of amides is 1. The number of thioether (sulfide) groups is 1. The fourth-order valence-electron chi connectivity index (χ4n) is 2.60. The van der Waals surface area contributed by atoms with Crippen molar-refractivity contribution < 1.29 is 9.53 Å². The minimum absolute atomic E-state index is 0.0856. The summed E-state index contributed by atoms with van der Waals surface area (Å²) in [5.41, 5.74) is 3.10. The van der Waals surface area contributed by atoms with Crippen molar-refractivity contribution in [2.75, 3.05) is 12.9 Å². The SMILES string of the molecule is COc1cccc(CNC(=O)CSc2nnnn2-c2ccc(C(C)C)cc2)c1. The molecule has 1 heterocycles. The standard InChI is InChI=1S/C20H23N5O2S/c1-14(2)16-7-9-17(10-8-16)25-20(22-23-24-25)28-13-19(26)21-12-15-5-4-6-18(11-15)27-3/h4-11,14H,12-13H2,1-3H3,(H,21,26). The van der Waals surface area contributed by atoms with Gasteiger partial charge in [-0.2, -0.15) is 4.68 Å². The van der Waals surface area contributed by atoms with Crippen LogP contribution in [0.25, 0.3) is 5.69 Å². The summed E-state index contributed by atoms with van der Waals surface area (Å²) < 4.78 is 6.83. The molecule has 3 aromatic rings. The fraction of sp³-hybridized carbons (Fsp3) is 0.300. The highest BCUT2D eigenvalue weighted by atomic mass is 32.2. The molecule has 0 aliphatic heterocycles. The summed E-state index contributed by atoms with van der Waals surface area (Å²) in [4.78, 5) is 12.2. The summed E-state index contributed by atoms with van der Waals surface area (Å²) in [6.45, 7) is 4.74. The fourth-order valence-corrected chi connectivity index (χ4v) is 3.32. The lowest BCUT2D eigenvalue weighted by Crippen LogP contribution is -2.24. The van der Waals surface area contributed by atoms with E-state index in [0.717, 1.165) is 17.0 Å². The number of carbonyl (C=O) groups excluding carboxylic acids is 1. The van der Waals surface area contributed by atoms with Crippen LogP contribution in [-0.4, -0.2) is 39.0 Å². The van der Waals surface area contributed by atoms with Crippen molar-refractivity contribution in [1.82, 2.24) is 25.5 Å². The number of hydrogen-bond acceptors (Lipinski definition) is 6. The monoisotopic (exact) mass is 397 g/mol. The first kappa shape index (κ1) is 19.9. The van der Waals surface area contributed by atoms with E-state index in [-0.39, 0.29) is 11.7 Å². The molecule has 1 aromatic heterocycles. The molecule has 0 bridgehead atoms. The van der Waals surface area contributed by atoms with Crippen LogP contribution in [-0.2, 0) is 11.3 Å². The average Bonchev–Trinajstić information content (AvgIpc) is 3.19. The first-order valence-electron chi connectivity index (χ1n) is 8.98. The van der Waals surface area contributed by atoms with E-state index < -0.39 is 0 Å². The lowest BCUT2D eigenvalue weighted by atomic mass is 10.0. The van der Waals surface area contributed by atoms with Gasteiger partial charge in [-0.25, -0.2) is 0 Å². The van der Waals surface area contributed by atoms with E-state index in [1.54, 1.807) is 11.8 Å². The van der Waals surface area contributed by atoms with E-state index >= 15 is 0 Å².